The van der Waals surface area contributed by atoms with Crippen molar-refractivity contribution in [3.8, 4) is 0 Å². The molecule has 0 bridgehead atoms. The van der Waals surface area contributed by atoms with Crippen LogP contribution in [-0.2, 0) is 11.8 Å². The Morgan fingerprint density at radius 3 is 2.62 bits per heavy atom. The first kappa shape index (κ1) is 16.7. The molecule has 2 N–H and O–H groups in total. The lowest BCUT2D eigenvalue weighted by molar-refractivity contribution is -0.139. The van der Waals surface area contributed by atoms with Crippen LogP contribution in [-0.4, -0.2) is 51.6 Å². The topological polar surface area (TPSA) is 91.6 Å². The summed E-state index contributed by atoms with van der Waals surface area (Å²) in [6.45, 7) is 0.918. The van der Waals surface area contributed by atoms with Crippen molar-refractivity contribution in [2.24, 2.45) is 13.0 Å². The van der Waals surface area contributed by atoms with E-state index in [9.17, 15) is 14.4 Å². The van der Waals surface area contributed by atoms with Crippen LogP contribution in [0.5, 0.6) is 0 Å². The Kier molecular flexibility index (Phi) is 4.71. The highest BCUT2D eigenvalue weighted by Crippen LogP contribution is 2.33. The van der Waals surface area contributed by atoms with Crippen LogP contribution in [0, 0.1) is 5.92 Å². The summed E-state index contributed by atoms with van der Waals surface area (Å²) in [6, 6.07) is 3.20. The highest BCUT2D eigenvalue weighted by molar-refractivity contribution is 5.94. The Hall–Kier alpha value is -2.15. The number of hydrogen-bond donors (Lipinski definition) is 2. The van der Waals surface area contributed by atoms with E-state index < -0.39 is 5.97 Å². The molecule has 0 aliphatic heterocycles. The molecule has 130 valence electrons. The van der Waals surface area contributed by atoms with E-state index >= 15 is 0 Å². The Bertz CT molecular complexity index is 689. The number of carboxylic acid groups (broad SMARTS) is 1. The number of amides is 1. The van der Waals surface area contributed by atoms with Crippen molar-refractivity contribution in [3.63, 3.8) is 0 Å². The number of carboxylic acids is 1. The number of hydrogen-bond acceptors (Lipinski definition) is 4. The van der Waals surface area contributed by atoms with Crippen LogP contribution in [0.15, 0.2) is 23.1 Å². The number of rotatable bonds is 7. The highest BCUT2D eigenvalue weighted by atomic mass is 16.4. The van der Waals surface area contributed by atoms with Gasteiger partial charge in [-0.05, 0) is 37.7 Å². The van der Waals surface area contributed by atoms with E-state index in [4.69, 9.17) is 5.11 Å². The minimum Gasteiger partial charge on any atom is -0.480 e. The Morgan fingerprint density at radius 2 is 2.04 bits per heavy atom. The third kappa shape index (κ3) is 4.03. The molecule has 0 aromatic carbocycles. The summed E-state index contributed by atoms with van der Waals surface area (Å²) in [5.41, 5.74) is 0.306. The molecule has 0 saturated heterocycles. The number of carbonyl (C=O) groups is 2. The van der Waals surface area contributed by atoms with Gasteiger partial charge < -0.3 is 15.0 Å². The van der Waals surface area contributed by atoms with Gasteiger partial charge in [0.2, 0.25) is 5.56 Å². The van der Waals surface area contributed by atoms with E-state index in [2.05, 4.69) is 5.32 Å². The fraction of sp³-hybridized carbons (Fsp3) is 0.588. The molecule has 7 heteroatoms. The lowest BCUT2D eigenvalue weighted by Gasteiger charge is -2.42. The van der Waals surface area contributed by atoms with Crippen molar-refractivity contribution < 1.29 is 14.7 Å². The molecule has 1 amide bonds. The van der Waals surface area contributed by atoms with Crippen LogP contribution >= 0.6 is 0 Å². The molecule has 2 fully saturated rings. The molecule has 0 atom stereocenters. The minimum absolute atomic E-state index is 0.0650. The van der Waals surface area contributed by atoms with Crippen LogP contribution in [0.2, 0.25) is 0 Å². The van der Waals surface area contributed by atoms with Gasteiger partial charge >= 0.3 is 5.97 Å². The van der Waals surface area contributed by atoms with Gasteiger partial charge in [0, 0.05) is 37.9 Å². The quantitative estimate of drug-likeness (QED) is 0.756. The predicted molar refractivity (Wildman–Crippen MR) is 87.9 cm³/mol. The van der Waals surface area contributed by atoms with E-state index in [0.29, 0.717) is 11.5 Å². The summed E-state index contributed by atoms with van der Waals surface area (Å²) in [4.78, 5) is 36.6. The molecule has 2 aliphatic rings. The SMILES string of the molecule is Cn1cc(C(=O)NC2CC(N(CC(=O)O)CC3CC3)C2)ccc1=O. The average molecular weight is 333 g/mol. The van der Waals surface area contributed by atoms with Crippen molar-refractivity contribution in [2.75, 3.05) is 13.1 Å². The Morgan fingerprint density at radius 1 is 1.33 bits per heavy atom. The lowest BCUT2D eigenvalue weighted by Crippen LogP contribution is -2.55. The molecule has 7 nitrogen and oxygen atoms in total. The third-order valence-corrected chi connectivity index (χ3v) is 4.84. The minimum atomic E-state index is -0.798. The normalized spacial score (nSPS) is 22.9. The molecule has 2 saturated carbocycles. The molecule has 2 aliphatic carbocycles. The van der Waals surface area contributed by atoms with Crippen molar-refractivity contribution in [3.05, 3.63) is 34.2 Å². The molecule has 0 spiro atoms. The van der Waals surface area contributed by atoms with Crippen molar-refractivity contribution >= 4 is 11.9 Å². The van der Waals surface area contributed by atoms with Gasteiger partial charge in [-0.25, -0.2) is 0 Å². The summed E-state index contributed by atoms with van der Waals surface area (Å²) in [6.07, 6.45) is 5.46. The fourth-order valence-electron chi connectivity index (χ4n) is 3.15. The van der Waals surface area contributed by atoms with Gasteiger partial charge in [0.15, 0.2) is 0 Å². The monoisotopic (exact) mass is 333 g/mol. The van der Waals surface area contributed by atoms with Crippen molar-refractivity contribution in [1.82, 2.24) is 14.8 Å². The zero-order valence-corrected chi connectivity index (χ0v) is 13.8. The van der Waals surface area contributed by atoms with Gasteiger partial charge in [-0.2, -0.15) is 0 Å². The number of aryl methyl sites for hydroxylation is 1. The molecule has 1 aromatic heterocycles. The van der Waals surface area contributed by atoms with Crippen LogP contribution in [0.1, 0.15) is 36.0 Å². The number of nitrogens with zero attached hydrogens (tertiary/aromatic N) is 2. The smallest absolute Gasteiger partial charge is 0.317 e. The summed E-state index contributed by atoms with van der Waals surface area (Å²) in [5.74, 6) is -0.349. The van der Waals surface area contributed by atoms with Crippen molar-refractivity contribution in [2.45, 2.75) is 37.8 Å². The number of carbonyl (C=O) groups excluding carboxylic acids is 1. The number of aromatic nitrogens is 1. The third-order valence-electron chi connectivity index (χ3n) is 4.84. The van der Waals surface area contributed by atoms with Crippen LogP contribution in [0.3, 0.4) is 0 Å². The number of nitrogens with one attached hydrogen (secondary N) is 1. The van der Waals surface area contributed by atoms with Crippen LogP contribution in [0.25, 0.3) is 0 Å². The maximum Gasteiger partial charge on any atom is 0.317 e. The first-order valence-electron chi connectivity index (χ1n) is 8.35. The second-order valence-corrected chi connectivity index (χ2v) is 6.93. The Balaban J connectivity index is 1.51. The summed E-state index contributed by atoms with van der Waals surface area (Å²) in [7, 11) is 1.61. The largest absolute Gasteiger partial charge is 0.480 e. The summed E-state index contributed by atoms with van der Waals surface area (Å²) >= 11 is 0. The summed E-state index contributed by atoms with van der Waals surface area (Å²) < 4.78 is 1.38. The van der Waals surface area contributed by atoms with E-state index in [0.717, 1.165) is 19.4 Å². The van der Waals surface area contributed by atoms with Gasteiger partial charge in [-0.15, -0.1) is 0 Å². The van der Waals surface area contributed by atoms with Crippen LogP contribution < -0.4 is 10.9 Å². The molecular formula is C17H23N3O4. The second kappa shape index (κ2) is 6.76. The molecular weight excluding hydrogens is 310 g/mol. The van der Waals surface area contributed by atoms with E-state index in [1.807, 2.05) is 4.90 Å². The maximum atomic E-state index is 12.2. The second-order valence-electron chi connectivity index (χ2n) is 6.93. The van der Waals surface area contributed by atoms with Crippen LogP contribution in [0.4, 0.5) is 0 Å². The molecule has 1 heterocycles. The van der Waals surface area contributed by atoms with Crippen molar-refractivity contribution in [1.29, 1.82) is 0 Å². The van der Waals surface area contributed by atoms with Gasteiger partial charge in [0.25, 0.3) is 5.91 Å². The van der Waals surface area contributed by atoms with E-state index in [1.54, 1.807) is 7.05 Å². The average Bonchev–Trinajstić information content (AvgIpc) is 3.28. The number of pyridine rings is 1. The first-order valence-corrected chi connectivity index (χ1v) is 8.35. The molecule has 1 aromatic rings. The predicted octanol–water partition coefficient (Wildman–Crippen LogP) is 0.443. The first-order chi connectivity index (χ1) is 11.4. The molecule has 3 rings (SSSR count). The zero-order valence-electron chi connectivity index (χ0n) is 13.8. The zero-order chi connectivity index (χ0) is 17.3. The van der Waals surface area contributed by atoms with Gasteiger partial charge in [-0.3, -0.25) is 19.3 Å². The lowest BCUT2D eigenvalue weighted by atomic mass is 9.85. The Labute approximate surface area is 140 Å². The van der Waals surface area contributed by atoms with Gasteiger partial charge in [-0.1, -0.05) is 0 Å². The van der Waals surface area contributed by atoms with E-state index in [-0.39, 0.29) is 30.1 Å². The van der Waals surface area contributed by atoms with E-state index in [1.165, 1.54) is 35.7 Å². The summed E-state index contributed by atoms with van der Waals surface area (Å²) in [5, 5.41) is 12.0. The fourth-order valence-corrected chi connectivity index (χ4v) is 3.15. The standard InChI is InChI=1S/C17H23N3O4/c1-19-9-12(4-5-15(19)21)17(24)18-13-6-14(7-13)20(10-16(22)23)8-11-2-3-11/h4-5,9,11,13-14H,2-3,6-8,10H2,1H3,(H,18,24)(H,22,23). The van der Waals surface area contributed by atoms with Gasteiger partial charge in [0.05, 0.1) is 12.1 Å². The maximum absolute atomic E-state index is 12.2. The number of aliphatic carboxylic acids is 1. The molecule has 24 heavy (non-hydrogen) atoms. The molecule has 0 unspecified atom stereocenters. The molecule has 0 radical (unpaired) electrons. The van der Waals surface area contributed by atoms with Gasteiger partial charge in [0.1, 0.15) is 0 Å². The highest BCUT2D eigenvalue weighted by Gasteiger charge is 2.37.